The number of carboxylic acid groups (broad SMARTS) is 1. The maximum Gasteiger partial charge on any atom is 0.335 e. The van der Waals surface area contributed by atoms with E-state index in [9.17, 15) is 9.59 Å². The molecule has 24 heavy (non-hydrogen) atoms. The van der Waals surface area contributed by atoms with Gasteiger partial charge in [0.2, 0.25) is 0 Å². The zero-order valence-corrected chi connectivity index (χ0v) is 13.4. The maximum atomic E-state index is 12.1. The van der Waals surface area contributed by atoms with Crippen LogP contribution >= 0.6 is 0 Å². The van der Waals surface area contributed by atoms with E-state index in [2.05, 4.69) is 5.32 Å². The molecule has 7 nitrogen and oxygen atoms in total. The van der Waals surface area contributed by atoms with Crippen molar-refractivity contribution in [3.63, 3.8) is 0 Å². The highest BCUT2D eigenvalue weighted by Gasteiger charge is 2.25. The SMILES string of the molecule is CO[C@H]1CCN(C(=O)NCCc2cc3ccc(C(=O)O)cc3o2)C1. The molecule has 128 valence electrons. The fraction of sp³-hybridized carbons (Fsp3) is 0.412. The Bertz CT molecular complexity index is 755. The van der Waals surface area contributed by atoms with Crippen LogP contribution in [0.5, 0.6) is 0 Å². The molecule has 1 aliphatic heterocycles. The van der Waals surface area contributed by atoms with Crippen LogP contribution in [0.2, 0.25) is 0 Å². The first kappa shape index (κ1) is 16.3. The number of amides is 2. The van der Waals surface area contributed by atoms with E-state index in [0.717, 1.165) is 11.8 Å². The van der Waals surface area contributed by atoms with E-state index in [1.54, 1.807) is 24.1 Å². The van der Waals surface area contributed by atoms with Gasteiger partial charge in [0, 0.05) is 38.6 Å². The lowest BCUT2D eigenvalue weighted by Gasteiger charge is -2.16. The van der Waals surface area contributed by atoms with E-state index in [1.165, 1.54) is 6.07 Å². The van der Waals surface area contributed by atoms with Crippen LogP contribution in [0.3, 0.4) is 0 Å². The monoisotopic (exact) mass is 332 g/mol. The van der Waals surface area contributed by atoms with E-state index in [1.807, 2.05) is 6.07 Å². The van der Waals surface area contributed by atoms with Gasteiger partial charge in [0.1, 0.15) is 11.3 Å². The van der Waals surface area contributed by atoms with Crippen LogP contribution in [0.1, 0.15) is 22.5 Å². The Balaban J connectivity index is 1.54. The molecular formula is C17H20N2O5. The van der Waals surface area contributed by atoms with Crippen molar-refractivity contribution >= 4 is 23.0 Å². The normalized spacial score (nSPS) is 17.4. The van der Waals surface area contributed by atoms with Crippen LogP contribution in [-0.4, -0.2) is 54.9 Å². The number of fused-ring (bicyclic) bond motifs is 1. The van der Waals surface area contributed by atoms with Crippen LogP contribution in [0.15, 0.2) is 28.7 Å². The molecule has 0 unspecified atom stereocenters. The van der Waals surface area contributed by atoms with Gasteiger partial charge >= 0.3 is 12.0 Å². The van der Waals surface area contributed by atoms with Gasteiger partial charge < -0.3 is 24.5 Å². The van der Waals surface area contributed by atoms with Crippen LogP contribution in [0.4, 0.5) is 4.79 Å². The second-order valence-corrected chi connectivity index (χ2v) is 5.84. The van der Waals surface area contributed by atoms with E-state index in [4.69, 9.17) is 14.3 Å². The number of likely N-dealkylation sites (tertiary alicyclic amines) is 1. The highest BCUT2D eigenvalue weighted by atomic mass is 16.5. The minimum absolute atomic E-state index is 0.0983. The lowest BCUT2D eigenvalue weighted by Crippen LogP contribution is -2.39. The number of aromatic carboxylic acids is 1. The Morgan fingerprint density at radius 3 is 2.96 bits per heavy atom. The second-order valence-electron chi connectivity index (χ2n) is 5.84. The molecule has 3 rings (SSSR count). The predicted molar refractivity (Wildman–Crippen MR) is 87.3 cm³/mol. The molecule has 0 saturated carbocycles. The third kappa shape index (κ3) is 3.51. The first-order chi connectivity index (χ1) is 11.6. The summed E-state index contributed by atoms with van der Waals surface area (Å²) < 4.78 is 10.9. The summed E-state index contributed by atoms with van der Waals surface area (Å²) in [5.74, 6) is -0.272. The van der Waals surface area contributed by atoms with Crippen LogP contribution < -0.4 is 5.32 Å². The number of hydrogen-bond acceptors (Lipinski definition) is 4. The Morgan fingerprint density at radius 2 is 2.25 bits per heavy atom. The number of nitrogens with one attached hydrogen (secondary N) is 1. The summed E-state index contributed by atoms with van der Waals surface area (Å²) in [5, 5.41) is 12.7. The van der Waals surface area contributed by atoms with Gasteiger partial charge in [-0.3, -0.25) is 0 Å². The molecule has 1 saturated heterocycles. The average molecular weight is 332 g/mol. The van der Waals surface area contributed by atoms with Gasteiger partial charge in [-0.05, 0) is 24.6 Å². The van der Waals surface area contributed by atoms with Gasteiger partial charge in [-0.1, -0.05) is 6.07 Å². The first-order valence-electron chi connectivity index (χ1n) is 7.88. The molecule has 2 aromatic rings. The Morgan fingerprint density at radius 1 is 1.42 bits per heavy atom. The number of urea groups is 1. The number of ether oxygens (including phenoxy) is 1. The lowest BCUT2D eigenvalue weighted by molar-refractivity contribution is 0.0697. The molecule has 7 heteroatoms. The maximum absolute atomic E-state index is 12.1. The molecule has 2 heterocycles. The van der Waals surface area contributed by atoms with Crippen molar-refractivity contribution in [3.05, 3.63) is 35.6 Å². The Hall–Kier alpha value is -2.54. The molecular weight excluding hydrogens is 312 g/mol. The van der Waals surface area contributed by atoms with Crippen LogP contribution in [0.25, 0.3) is 11.0 Å². The number of furan rings is 1. The lowest BCUT2D eigenvalue weighted by atomic mass is 10.1. The number of carboxylic acids is 1. The Labute approximate surface area is 139 Å². The van der Waals surface area contributed by atoms with Crippen molar-refractivity contribution in [1.82, 2.24) is 10.2 Å². The van der Waals surface area contributed by atoms with Crippen LogP contribution in [0, 0.1) is 0 Å². The largest absolute Gasteiger partial charge is 0.478 e. The highest BCUT2D eigenvalue weighted by molar-refractivity contribution is 5.92. The van der Waals surface area contributed by atoms with E-state index in [-0.39, 0.29) is 17.7 Å². The summed E-state index contributed by atoms with van der Waals surface area (Å²) in [5.41, 5.74) is 0.733. The average Bonchev–Trinajstić information content (AvgIpc) is 3.20. The number of carbonyl (C=O) groups excluding carboxylic acids is 1. The van der Waals surface area contributed by atoms with Crippen molar-refractivity contribution in [1.29, 1.82) is 0 Å². The van der Waals surface area contributed by atoms with Gasteiger partial charge in [-0.25, -0.2) is 9.59 Å². The highest BCUT2D eigenvalue weighted by Crippen LogP contribution is 2.21. The minimum atomic E-state index is -0.984. The summed E-state index contributed by atoms with van der Waals surface area (Å²) in [6.07, 6.45) is 1.53. The number of carbonyl (C=O) groups is 2. The van der Waals surface area contributed by atoms with Gasteiger partial charge in [0.25, 0.3) is 0 Å². The zero-order valence-electron chi connectivity index (χ0n) is 13.4. The van der Waals surface area contributed by atoms with E-state index >= 15 is 0 Å². The van der Waals surface area contributed by atoms with Gasteiger partial charge in [0.05, 0.1) is 11.7 Å². The summed E-state index contributed by atoms with van der Waals surface area (Å²) in [4.78, 5) is 24.8. The topological polar surface area (TPSA) is 92.0 Å². The van der Waals surface area contributed by atoms with E-state index < -0.39 is 5.97 Å². The van der Waals surface area contributed by atoms with E-state index in [0.29, 0.717) is 37.4 Å². The first-order valence-corrected chi connectivity index (χ1v) is 7.88. The van der Waals surface area contributed by atoms with Crippen molar-refractivity contribution < 1.29 is 23.8 Å². The standard InChI is InChI=1S/C17H20N2O5/c1-23-14-5-7-19(10-14)17(22)18-6-4-13-8-11-2-3-12(16(20)21)9-15(11)24-13/h2-3,8-9,14H,4-7,10H2,1H3,(H,18,22)(H,20,21)/t14-/m0/s1. The van der Waals surface area contributed by atoms with Crippen molar-refractivity contribution in [2.45, 2.75) is 18.9 Å². The number of benzene rings is 1. The molecule has 0 spiro atoms. The number of hydrogen-bond donors (Lipinski definition) is 2. The third-order valence-corrected chi connectivity index (χ3v) is 4.23. The number of rotatable bonds is 5. The molecule has 1 aromatic heterocycles. The molecule has 0 bridgehead atoms. The molecule has 1 aliphatic rings. The molecule has 2 N–H and O–H groups in total. The fourth-order valence-electron chi connectivity index (χ4n) is 2.85. The molecule has 1 aromatic carbocycles. The molecule has 0 aliphatic carbocycles. The number of methoxy groups -OCH3 is 1. The van der Waals surface area contributed by atoms with Crippen LogP contribution in [-0.2, 0) is 11.2 Å². The number of nitrogens with zero attached hydrogens (tertiary/aromatic N) is 1. The van der Waals surface area contributed by atoms with Gasteiger partial charge in [-0.2, -0.15) is 0 Å². The predicted octanol–water partition coefficient (Wildman–Crippen LogP) is 2.10. The zero-order chi connectivity index (χ0) is 17.1. The summed E-state index contributed by atoms with van der Waals surface area (Å²) >= 11 is 0. The second kappa shape index (κ2) is 6.92. The Kier molecular flexibility index (Phi) is 4.71. The van der Waals surface area contributed by atoms with Gasteiger partial charge in [0.15, 0.2) is 0 Å². The molecule has 1 fully saturated rings. The third-order valence-electron chi connectivity index (χ3n) is 4.23. The van der Waals surface area contributed by atoms with Crippen molar-refractivity contribution in [2.75, 3.05) is 26.7 Å². The van der Waals surface area contributed by atoms with Crippen molar-refractivity contribution in [3.8, 4) is 0 Å². The summed E-state index contributed by atoms with van der Waals surface area (Å²) in [7, 11) is 1.66. The van der Waals surface area contributed by atoms with Gasteiger partial charge in [-0.15, -0.1) is 0 Å². The summed E-state index contributed by atoms with van der Waals surface area (Å²) in [6, 6.07) is 6.54. The fourth-order valence-corrected chi connectivity index (χ4v) is 2.85. The molecule has 0 radical (unpaired) electrons. The summed E-state index contributed by atoms with van der Waals surface area (Å²) in [6.45, 7) is 1.77. The molecule has 2 amide bonds. The molecule has 1 atom stereocenters. The minimum Gasteiger partial charge on any atom is -0.478 e. The van der Waals surface area contributed by atoms with Crippen molar-refractivity contribution in [2.24, 2.45) is 0 Å². The smallest absolute Gasteiger partial charge is 0.335 e. The quantitative estimate of drug-likeness (QED) is 0.875.